The Kier molecular flexibility index (Phi) is 4.35. The first-order chi connectivity index (χ1) is 12.7. The highest BCUT2D eigenvalue weighted by Crippen LogP contribution is 2.21. The van der Waals surface area contributed by atoms with Gasteiger partial charge in [-0.05, 0) is 24.3 Å². The molecule has 3 aromatic rings. The molecule has 6 nitrogen and oxygen atoms in total. The lowest BCUT2D eigenvalue weighted by Gasteiger charge is -2.35. The zero-order valence-corrected chi connectivity index (χ0v) is 14.0. The van der Waals surface area contributed by atoms with Crippen LogP contribution in [0, 0.1) is 5.82 Å². The number of nitrogens with zero attached hydrogens (tertiary/aromatic N) is 4. The van der Waals surface area contributed by atoms with E-state index in [0.29, 0.717) is 37.8 Å². The number of halogens is 1. The quantitative estimate of drug-likeness (QED) is 0.725. The van der Waals surface area contributed by atoms with Crippen molar-refractivity contribution >= 4 is 11.6 Å². The van der Waals surface area contributed by atoms with E-state index in [1.165, 1.54) is 6.07 Å². The third-order valence-corrected chi connectivity index (χ3v) is 4.39. The number of para-hydroxylation sites is 1. The molecule has 1 aliphatic heterocycles. The van der Waals surface area contributed by atoms with Crippen LogP contribution in [0.2, 0.25) is 0 Å². The Hall–Kier alpha value is -3.22. The van der Waals surface area contributed by atoms with Gasteiger partial charge >= 0.3 is 11.8 Å². The lowest BCUT2D eigenvalue weighted by atomic mass is 10.2. The number of hydrogen-bond donors (Lipinski definition) is 0. The number of carbonyl (C=O) groups excluding carboxylic acids is 1. The lowest BCUT2D eigenvalue weighted by molar-refractivity contribution is 0.0707. The summed E-state index contributed by atoms with van der Waals surface area (Å²) in [6.07, 6.45) is 0. The molecule has 0 N–H and O–H groups in total. The van der Waals surface area contributed by atoms with E-state index >= 15 is 0 Å². The van der Waals surface area contributed by atoms with Crippen LogP contribution in [0.15, 0.2) is 59.0 Å². The van der Waals surface area contributed by atoms with Gasteiger partial charge in [0.15, 0.2) is 0 Å². The van der Waals surface area contributed by atoms with Gasteiger partial charge in [0.05, 0.1) is 5.69 Å². The van der Waals surface area contributed by atoms with E-state index in [4.69, 9.17) is 4.42 Å². The SMILES string of the molecule is O=C(c1nnc(-c2ccccc2)o1)N1CCN(c2ccccc2F)CC1. The number of aromatic nitrogens is 2. The van der Waals surface area contributed by atoms with Crippen molar-refractivity contribution in [3.05, 3.63) is 66.3 Å². The first kappa shape index (κ1) is 16.3. The zero-order valence-electron chi connectivity index (χ0n) is 14.0. The lowest BCUT2D eigenvalue weighted by Crippen LogP contribution is -2.49. The van der Waals surface area contributed by atoms with Gasteiger partial charge in [-0.1, -0.05) is 30.3 Å². The molecular weight excluding hydrogens is 335 g/mol. The summed E-state index contributed by atoms with van der Waals surface area (Å²) in [5, 5.41) is 7.83. The second-order valence-corrected chi connectivity index (χ2v) is 6.01. The van der Waals surface area contributed by atoms with Crippen molar-refractivity contribution in [2.75, 3.05) is 31.1 Å². The predicted octanol–water partition coefficient (Wildman–Crippen LogP) is 2.84. The van der Waals surface area contributed by atoms with Crippen molar-refractivity contribution < 1.29 is 13.6 Å². The summed E-state index contributed by atoms with van der Waals surface area (Å²) in [5.41, 5.74) is 1.33. The second-order valence-electron chi connectivity index (χ2n) is 6.01. The van der Waals surface area contributed by atoms with E-state index in [1.54, 1.807) is 23.1 Å². The number of piperazine rings is 1. The molecule has 0 aliphatic carbocycles. The van der Waals surface area contributed by atoms with Gasteiger partial charge in [0.2, 0.25) is 5.89 Å². The van der Waals surface area contributed by atoms with Gasteiger partial charge in [-0.3, -0.25) is 4.79 Å². The van der Waals surface area contributed by atoms with Crippen LogP contribution in [0.3, 0.4) is 0 Å². The summed E-state index contributed by atoms with van der Waals surface area (Å²) in [7, 11) is 0. The average molecular weight is 352 g/mol. The Bertz CT molecular complexity index is 905. The third kappa shape index (κ3) is 3.15. The molecule has 0 bridgehead atoms. The maximum atomic E-state index is 13.9. The summed E-state index contributed by atoms with van der Waals surface area (Å²) in [6, 6.07) is 16.0. The molecule has 1 aliphatic rings. The molecule has 2 aromatic carbocycles. The van der Waals surface area contributed by atoms with Crippen LogP contribution in [0.25, 0.3) is 11.5 Å². The van der Waals surface area contributed by atoms with Gasteiger partial charge in [-0.2, -0.15) is 0 Å². The molecule has 0 spiro atoms. The number of anilines is 1. The van der Waals surface area contributed by atoms with Gasteiger partial charge in [0.1, 0.15) is 5.82 Å². The van der Waals surface area contributed by atoms with Crippen LogP contribution in [-0.4, -0.2) is 47.2 Å². The molecule has 1 fully saturated rings. The minimum absolute atomic E-state index is 0.0248. The van der Waals surface area contributed by atoms with Gasteiger partial charge in [0.25, 0.3) is 0 Å². The molecule has 1 amide bonds. The Morgan fingerprint density at radius 1 is 0.923 bits per heavy atom. The van der Waals surface area contributed by atoms with E-state index in [9.17, 15) is 9.18 Å². The molecule has 0 unspecified atom stereocenters. The minimum Gasteiger partial charge on any atom is -0.412 e. The topological polar surface area (TPSA) is 62.5 Å². The molecule has 7 heteroatoms. The highest BCUT2D eigenvalue weighted by atomic mass is 19.1. The molecule has 1 aromatic heterocycles. The molecule has 4 rings (SSSR count). The highest BCUT2D eigenvalue weighted by Gasteiger charge is 2.27. The monoisotopic (exact) mass is 352 g/mol. The van der Waals surface area contributed by atoms with Crippen LogP contribution >= 0.6 is 0 Å². The van der Waals surface area contributed by atoms with E-state index < -0.39 is 0 Å². The van der Waals surface area contributed by atoms with Gasteiger partial charge in [-0.25, -0.2) is 4.39 Å². The van der Waals surface area contributed by atoms with E-state index in [1.807, 2.05) is 35.2 Å². The standard InChI is InChI=1S/C19H17FN4O2/c20-15-8-4-5-9-16(15)23-10-12-24(13-11-23)19(25)18-22-21-17(26-18)14-6-2-1-3-7-14/h1-9H,10-13H2. The molecule has 2 heterocycles. The summed E-state index contributed by atoms with van der Waals surface area (Å²) in [5.74, 6) is -0.258. The summed E-state index contributed by atoms with van der Waals surface area (Å²) < 4.78 is 19.4. The van der Waals surface area contributed by atoms with Crippen molar-refractivity contribution in [2.45, 2.75) is 0 Å². The Balaban J connectivity index is 1.43. The Morgan fingerprint density at radius 2 is 1.62 bits per heavy atom. The molecule has 0 radical (unpaired) electrons. The van der Waals surface area contributed by atoms with E-state index in [0.717, 1.165) is 5.56 Å². The fourth-order valence-electron chi connectivity index (χ4n) is 3.00. The van der Waals surface area contributed by atoms with Gasteiger partial charge < -0.3 is 14.2 Å². The fraction of sp³-hybridized carbons (Fsp3) is 0.211. The summed E-state index contributed by atoms with van der Waals surface area (Å²) in [4.78, 5) is 16.2. The van der Waals surface area contributed by atoms with Gasteiger partial charge in [0, 0.05) is 31.7 Å². The van der Waals surface area contributed by atoms with Crippen LogP contribution < -0.4 is 4.90 Å². The number of carbonyl (C=O) groups is 1. The van der Waals surface area contributed by atoms with Crippen molar-refractivity contribution in [1.82, 2.24) is 15.1 Å². The van der Waals surface area contributed by atoms with Gasteiger partial charge in [-0.15, -0.1) is 10.2 Å². The maximum absolute atomic E-state index is 13.9. The van der Waals surface area contributed by atoms with Crippen LogP contribution in [0.4, 0.5) is 10.1 Å². The zero-order chi connectivity index (χ0) is 17.9. The van der Waals surface area contributed by atoms with Crippen LogP contribution in [0.5, 0.6) is 0 Å². The summed E-state index contributed by atoms with van der Waals surface area (Å²) >= 11 is 0. The minimum atomic E-state index is -0.298. The third-order valence-electron chi connectivity index (χ3n) is 4.39. The number of benzene rings is 2. The second kappa shape index (κ2) is 6.95. The maximum Gasteiger partial charge on any atom is 0.311 e. The molecule has 132 valence electrons. The Labute approximate surface area is 149 Å². The normalized spacial score (nSPS) is 14.5. The van der Waals surface area contributed by atoms with Crippen molar-refractivity contribution in [3.63, 3.8) is 0 Å². The highest BCUT2D eigenvalue weighted by molar-refractivity contribution is 5.90. The van der Waals surface area contributed by atoms with Crippen molar-refractivity contribution in [2.24, 2.45) is 0 Å². The molecule has 1 saturated heterocycles. The van der Waals surface area contributed by atoms with Crippen molar-refractivity contribution in [1.29, 1.82) is 0 Å². The largest absolute Gasteiger partial charge is 0.412 e. The fourth-order valence-corrected chi connectivity index (χ4v) is 3.00. The van der Waals surface area contributed by atoms with Crippen LogP contribution in [0.1, 0.15) is 10.7 Å². The molecule has 0 atom stereocenters. The first-order valence-corrected chi connectivity index (χ1v) is 8.40. The number of rotatable bonds is 3. The Morgan fingerprint density at radius 3 is 2.35 bits per heavy atom. The first-order valence-electron chi connectivity index (χ1n) is 8.40. The van der Waals surface area contributed by atoms with Crippen molar-refractivity contribution in [3.8, 4) is 11.5 Å². The van der Waals surface area contributed by atoms with Crippen LogP contribution in [-0.2, 0) is 0 Å². The smallest absolute Gasteiger partial charge is 0.311 e. The van der Waals surface area contributed by atoms with E-state index in [-0.39, 0.29) is 17.6 Å². The predicted molar refractivity (Wildman–Crippen MR) is 94.3 cm³/mol. The number of amides is 1. The number of hydrogen-bond acceptors (Lipinski definition) is 5. The molecular formula is C19H17FN4O2. The molecule has 0 saturated carbocycles. The average Bonchev–Trinajstić information content (AvgIpc) is 3.19. The van der Waals surface area contributed by atoms with E-state index in [2.05, 4.69) is 10.2 Å². The summed E-state index contributed by atoms with van der Waals surface area (Å²) in [6.45, 7) is 2.03. The molecule has 26 heavy (non-hydrogen) atoms.